The van der Waals surface area contributed by atoms with Crippen molar-refractivity contribution in [3.63, 3.8) is 0 Å². The Morgan fingerprint density at radius 3 is 2.04 bits per heavy atom. The molecule has 0 radical (unpaired) electrons. The van der Waals surface area contributed by atoms with Crippen LogP contribution in [0.15, 0.2) is 30.3 Å². The van der Waals surface area contributed by atoms with Gasteiger partial charge in [0, 0.05) is 26.2 Å². The van der Waals surface area contributed by atoms with E-state index in [0.717, 1.165) is 0 Å². The van der Waals surface area contributed by atoms with Crippen LogP contribution in [0.1, 0.15) is 27.2 Å². The molecular weight excluding hydrogens is 296 g/mol. The summed E-state index contributed by atoms with van der Waals surface area (Å²) in [5, 5.41) is 0. The number of carbonyl (C=O) groups is 2. The molecule has 1 heterocycles. The largest absolute Gasteiger partial charge is 0.444 e. The van der Waals surface area contributed by atoms with E-state index < -0.39 is 5.60 Å². The fraction of sp³-hybridized carbons (Fsp3) is 0.529. The molecule has 0 spiro atoms. The van der Waals surface area contributed by atoms with Gasteiger partial charge < -0.3 is 19.3 Å². The zero-order valence-corrected chi connectivity index (χ0v) is 13.9. The number of amides is 2. The summed E-state index contributed by atoms with van der Waals surface area (Å²) in [4.78, 5) is 27.6. The van der Waals surface area contributed by atoms with Crippen LogP contribution >= 0.6 is 0 Å². The molecule has 2 rings (SSSR count). The molecule has 0 aromatic heterocycles. The van der Waals surface area contributed by atoms with Crippen LogP contribution in [0.3, 0.4) is 0 Å². The molecule has 1 aliphatic rings. The summed E-state index contributed by atoms with van der Waals surface area (Å²) in [7, 11) is 0. The second-order valence-electron chi connectivity index (χ2n) is 6.49. The molecule has 1 fully saturated rings. The first-order valence-electron chi connectivity index (χ1n) is 7.85. The molecule has 23 heavy (non-hydrogen) atoms. The standard InChI is InChI=1S/C17H24N2O4/c1-17(2,3)23-16(21)19-11-7-10-18(12-13-19)15(20)22-14-8-5-4-6-9-14/h4-6,8-9H,7,10-13H2,1-3H3. The molecule has 0 unspecified atom stereocenters. The minimum atomic E-state index is -0.519. The first-order valence-corrected chi connectivity index (χ1v) is 7.85. The summed E-state index contributed by atoms with van der Waals surface area (Å²) in [6, 6.07) is 8.97. The minimum absolute atomic E-state index is 0.337. The van der Waals surface area contributed by atoms with Gasteiger partial charge in [-0.05, 0) is 39.3 Å². The normalized spacial score (nSPS) is 15.8. The van der Waals surface area contributed by atoms with Crippen LogP contribution in [0.5, 0.6) is 5.75 Å². The van der Waals surface area contributed by atoms with Crippen molar-refractivity contribution in [2.75, 3.05) is 26.2 Å². The first-order chi connectivity index (χ1) is 10.8. The van der Waals surface area contributed by atoms with E-state index in [9.17, 15) is 9.59 Å². The second-order valence-corrected chi connectivity index (χ2v) is 6.49. The lowest BCUT2D eigenvalue weighted by Gasteiger charge is -2.26. The van der Waals surface area contributed by atoms with Crippen molar-refractivity contribution in [1.29, 1.82) is 0 Å². The van der Waals surface area contributed by atoms with Crippen molar-refractivity contribution < 1.29 is 19.1 Å². The van der Waals surface area contributed by atoms with Crippen LogP contribution in [0, 0.1) is 0 Å². The Labute approximate surface area is 137 Å². The third-order valence-electron chi connectivity index (χ3n) is 3.35. The van der Waals surface area contributed by atoms with Gasteiger partial charge in [-0.1, -0.05) is 18.2 Å². The van der Waals surface area contributed by atoms with E-state index in [1.807, 2.05) is 39.0 Å². The molecule has 0 aliphatic carbocycles. The summed E-state index contributed by atoms with van der Waals surface area (Å²) in [5.41, 5.74) is -0.519. The topological polar surface area (TPSA) is 59.1 Å². The minimum Gasteiger partial charge on any atom is -0.444 e. The van der Waals surface area contributed by atoms with Gasteiger partial charge in [-0.2, -0.15) is 0 Å². The van der Waals surface area contributed by atoms with Gasteiger partial charge in [0.05, 0.1) is 0 Å². The van der Waals surface area contributed by atoms with Gasteiger partial charge >= 0.3 is 12.2 Å². The van der Waals surface area contributed by atoms with E-state index in [1.54, 1.807) is 21.9 Å². The number of hydrogen-bond donors (Lipinski definition) is 0. The number of ether oxygens (including phenoxy) is 2. The van der Waals surface area contributed by atoms with E-state index in [2.05, 4.69) is 0 Å². The maximum Gasteiger partial charge on any atom is 0.415 e. The zero-order chi connectivity index (χ0) is 16.9. The van der Waals surface area contributed by atoms with Gasteiger partial charge in [-0.25, -0.2) is 9.59 Å². The molecule has 1 aliphatic heterocycles. The zero-order valence-electron chi connectivity index (χ0n) is 13.9. The third kappa shape index (κ3) is 5.47. The van der Waals surface area contributed by atoms with Crippen molar-refractivity contribution in [2.24, 2.45) is 0 Å². The number of carbonyl (C=O) groups excluding carboxylic acids is 2. The highest BCUT2D eigenvalue weighted by atomic mass is 16.6. The Kier molecular flexibility index (Phi) is 5.47. The summed E-state index contributed by atoms with van der Waals surface area (Å²) in [6.45, 7) is 7.53. The van der Waals surface area contributed by atoms with Crippen LogP contribution in [0.4, 0.5) is 9.59 Å². The maximum absolute atomic E-state index is 12.2. The Bertz CT molecular complexity index is 539. The van der Waals surface area contributed by atoms with Gasteiger partial charge in [0.2, 0.25) is 0 Å². The highest BCUT2D eigenvalue weighted by Gasteiger charge is 2.26. The van der Waals surface area contributed by atoms with Gasteiger partial charge in [-0.3, -0.25) is 0 Å². The van der Waals surface area contributed by atoms with Crippen molar-refractivity contribution in [3.05, 3.63) is 30.3 Å². The van der Waals surface area contributed by atoms with Crippen LogP contribution in [0.25, 0.3) is 0 Å². The lowest BCUT2D eigenvalue weighted by Crippen LogP contribution is -2.40. The van der Waals surface area contributed by atoms with Crippen LogP contribution < -0.4 is 4.74 Å². The number of nitrogens with zero attached hydrogens (tertiary/aromatic N) is 2. The number of para-hydroxylation sites is 1. The fourth-order valence-electron chi connectivity index (χ4n) is 2.26. The van der Waals surface area contributed by atoms with E-state index in [4.69, 9.17) is 9.47 Å². The highest BCUT2D eigenvalue weighted by Crippen LogP contribution is 2.14. The van der Waals surface area contributed by atoms with E-state index in [0.29, 0.717) is 38.3 Å². The number of hydrogen-bond acceptors (Lipinski definition) is 4. The van der Waals surface area contributed by atoms with E-state index in [-0.39, 0.29) is 12.2 Å². The van der Waals surface area contributed by atoms with Gasteiger partial charge in [-0.15, -0.1) is 0 Å². The Hall–Kier alpha value is -2.24. The van der Waals surface area contributed by atoms with E-state index in [1.165, 1.54) is 0 Å². The second kappa shape index (κ2) is 7.35. The average molecular weight is 320 g/mol. The van der Waals surface area contributed by atoms with Crippen molar-refractivity contribution >= 4 is 12.2 Å². The Morgan fingerprint density at radius 1 is 0.913 bits per heavy atom. The summed E-state index contributed by atoms with van der Waals surface area (Å²) < 4.78 is 10.7. The van der Waals surface area contributed by atoms with Crippen LogP contribution in [-0.2, 0) is 4.74 Å². The van der Waals surface area contributed by atoms with Crippen molar-refractivity contribution in [3.8, 4) is 5.75 Å². The maximum atomic E-state index is 12.2. The van der Waals surface area contributed by atoms with Gasteiger partial charge in [0.15, 0.2) is 0 Å². The highest BCUT2D eigenvalue weighted by molar-refractivity contribution is 5.71. The molecule has 0 atom stereocenters. The number of rotatable bonds is 1. The molecule has 6 nitrogen and oxygen atoms in total. The Balaban J connectivity index is 1.88. The molecular formula is C17H24N2O4. The molecule has 0 bridgehead atoms. The van der Waals surface area contributed by atoms with Gasteiger partial charge in [0.25, 0.3) is 0 Å². The average Bonchev–Trinajstić information content (AvgIpc) is 2.72. The monoisotopic (exact) mass is 320 g/mol. The molecule has 1 aromatic carbocycles. The summed E-state index contributed by atoms with van der Waals surface area (Å²) >= 11 is 0. The van der Waals surface area contributed by atoms with Gasteiger partial charge in [0.1, 0.15) is 11.4 Å². The summed E-state index contributed by atoms with van der Waals surface area (Å²) in [6.07, 6.45) is -0.0265. The predicted molar refractivity (Wildman–Crippen MR) is 86.5 cm³/mol. The third-order valence-corrected chi connectivity index (χ3v) is 3.35. The van der Waals surface area contributed by atoms with Crippen LogP contribution in [0.2, 0.25) is 0 Å². The smallest absolute Gasteiger partial charge is 0.415 e. The first kappa shape index (κ1) is 17.1. The molecule has 2 amide bonds. The van der Waals surface area contributed by atoms with Crippen LogP contribution in [-0.4, -0.2) is 53.8 Å². The summed E-state index contributed by atoms with van der Waals surface area (Å²) in [5.74, 6) is 0.519. The Morgan fingerprint density at radius 2 is 1.48 bits per heavy atom. The predicted octanol–water partition coefficient (Wildman–Crippen LogP) is 3.13. The molecule has 0 N–H and O–H groups in total. The lowest BCUT2D eigenvalue weighted by atomic mass is 10.2. The molecule has 0 saturated carbocycles. The quantitative estimate of drug-likeness (QED) is 0.797. The SMILES string of the molecule is CC(C)(C)OC(=O)N1CCCN(C(=O)Oc2ccccc2)CC1. The molecule has 1 aromatic rings. The molecule has 6 heteroatoms. The molecule has 126 valence electrons. The number of benzene rings is 1. The van der Waals surface area contributed by atoms with Crippen molar-refractivity contribution in [1.82, 2.24) is 9.80 Å². The lowest BCUT2D eigenvalue weighted by molar-refractivity contribution is 0.0257. The van der Waals surface area contributed by atoms with Crippen molar-refractivity contribution in [2.45, 2.75) is 32.8 Å². The fourth-order valence-corrected chi connectivity index (χ4v) is 2.26. The van der Waals surface area contributed by atoms with E-state index >= 15 is 0 Å². The molecule has 1 saturated heterocycles.